The summed E-state index contributed by atoms with van der Waals surface area (Å²) in [5.74, 6) is 0.712. The van der Waals surface area contributed by atoms with E-state index in [2.05, 4.69) is 63.0 Å². The molecule has 3 heterocycles. The molecule has 4 N–H and O–H groups in total. The van der Waals surface area contributed by atoms with Crippen LogP contribution in [0.5, 0.6) is 0 Å². The number of aliphatic hydroxyl groups excluding tert-OH is 1. The lowest BCUT2D eigenvalue weighted by atomic mass is 9.98. The van der Waals surface area contributed by atoms with E-state index in [4.69, 9.17) is 9.97 Å². The first kappa shape index (κ1) is 21.5. The second-order valence-electron chi connectivity index (χ2n) is 8.33. The molecule has 0 aliphatic carbocycles. The molecule has 1 aliphatic rings. The van der Waals surface area contributed by atoms with Crippen LogP contribution in [0.25, 0.3) is 33.4 Å². The average molecular weight is 442 g/mol. The Kier molecular flexibility index (Phi) is 6.26. The van der Waals surface area contributed by atoms with E-state index in [1.54, 1.807) is 0 Å². The maximum absolute atomic E-state index is 9.18. The maximum atomic E-state index is 9.18. The van der Waals surface area contributed by atoms with E-state index in [0.717, 1.165) is 60.5 Å². The average Bonchev–Trinajstić information content (AvgIpc) is 2.89. The standard InChI is InChI=1S/C26H28N6O/c27-17-19-6-8-21(9-7-19)24-23(20-4-2-1-3-5-20)16-22-18-28-26(30-25(22)29-24)32-12-10-31(11-13-32)14-15-33/h1-9,16,18,33H,10-15,17,27H2/p+1. The zero-order valence-corrected chi connectivity index (χ0v) is 18.7. The summed E-state index contributed by atoms with van der Waals surface area (Å²) in [6.45, 7) is 5.14. The number of fused-ring (bicyclic) bond motifs is 1. The van der Waals surface area contributed by atoms with Crippen LogP contribution in [0.2, 0.25) is 0 Å². The lowest BCUT2D eigenvalue weighted by molar-refractivity contribution is -0.386. The molecular weight excluding hydrogens is 412 g/mol. The molecule has 168 valence electrons. The van der Waals surface area contributed by atoms with Gasteiger partial charge in [0.1, 0.15) is 0 Å². The molecule has 7 nitrogen and oxygen atoms in total. The van der Waals surface area contributed by atoms with Crippen LogP contribution in [0.15, 0.2) is 66.9 Å². The second kappa shape index (κ2) is 9.62. The van der Waals surface area contributed by atoms with Crippen LogP contribution in [-0.4, -0.2) is 64.3 Å². The minimum absolute atomic E-state index is 0.193. The van der Waals surface area contributed by atoms with Crippen LogP contribution in [0.3, 0.4) is 0 Å². The molecule has 1 saturated heterocycles. The van der Waals surface area contributed by atoms with Gasteiger partial charge in [-0.3, -0.25) is 4.90 Å². The number of β-amino-alcohol motifs (C(OH)–C–C–N with tert-alkyl or cyclic N) is 1. The van der Waals surface area contributed by atoms with Crippen molar-refractivity contribution in [1.82, 2.24) is 19.9 Å². The van der Waals surface area contributed by atoms with Gasteiger partial charge in [-0.2, -0.15) is 4.98 Å². The second-order valence-corrected chi connectivity index (χ2v) is 8.33. The number of anilines is 1. The van der Waals surface area contributed by atoms with Crippen molar-refractivity contribution >= 4 is 17.0 Å². The fraction of sp³-hybridized carbons (Fsp3) is 0.269. The maximum Gasteiger partial charge on any atom is 0.227 e. The summed E-state index contributed by atoms with van der Waals surface area (Å²) in [4.78, 5) is 19.0. The van der Waals surface area contributed by atoms with Crippen molar-refractivity contribution in [3.63, 3.8) is 0 Å². The van der Waals surface area contributed by atoms with E-state index in [9.17, 15) is 5.11 Å². The number of piperazine rings is 1. The Morgan fingerprint density at radius 3 is 2.33 bits per heavy atom. The first-order valence-corrected chi connectivity index (χ1v) is 11.4. The van der Waals surface area contributed by atoms with Gasteiger partial charge in [0.2, 0.25) is 5.95 Å². The normalized spacial score (nSPS) is 14.7. The van der Waals surface area contributed by atoms with Crippen LogP contribution >= 0.6 is 0 Å². The van der Waals surface area contributed by atoms with Crippen LogP contribution < -0.4 is 10.6 Å². The number of rotatable bonds is 6. The van der Waals surface area contributed by atoms with Crippen LogP contribution in [0.1, 0.15) is 5.56 Å². The number of benzene rings is 2. The zero-order valence-electron chi connectivity index (χ0n) is 18.7. The molecule has 2 aromatic carbocycles. The van der Waals surface area contributed by atoms with Crippen molar-refractivity contribution in [3.8, 4) is 22.4 Å². The molecule has 1 aliphatic heterocycles. The van der Waals surface area contributed by atoms with E-state index in [1.165, 1.54) is 5.56 Å². The third-order valence-electron chi connectivity index (χ3n) is 6.23. The molecule has 0 bridgehead atoms. The molecule has 0 atom stereocenters. The summed E-state index contributed by atoms with van der Waals surface area (Å²) in [7, 11) is 0. The van der Waals surface area contributed by atoms with Crippen molar-refractivity contribution in [2.75, 3.05) is 44.2 Å². The van der Waals surface area contributed by atoms with Gasteiger partial charge >= 0.3 is 0 Å². The van der Waals surface area contributed by atoms with E-state index in [1.807, 2.05) is 24.4 Å². The highest BCUT2D eigenvalue weighted by Crippen LogP contribution is 2.33. The van der Waals surface area contributed by atoms with Crippen LogP contribution in [0, 0.1) is 0 Å². The molecule has 1 fully saturated rings. The number of quaternary nitrogens is 1. The largest absolute Gasteiger partial charge is 0.395 e. The summed E-state index contributed by atoms with van der Waals surface area (Å²) < 4.78 is 0. The predicted molar refractivity (Wildman–Crippen MR) is 131 cm³/mol. The molecule has 0 amide bonds. The van der Waals surface area contributed by atoms with E-state index in [0.29, 0.717) is 18.1 Å². The van der Waals surface area contributed by atoms with Crippen molar-refractivity contribution in [1.29, 1.82) is 0 Å². The van der Waals surface area contributed by atoms with Gasteiger partial charge in [-0.25, -0.2) is 9.97 Å². The highest BCUT2D eigenvalue weighted by molar-refractivity contribution is 5.90. The highest BCUT2D eigenvalue weighted by atomic mass is 16.3. The van der Waals surface area contributed by atoms with E-state index >= 15 is 0 Å². The van der Waals surface area contributed by atoms with E-state index < -0.39 is 0 Å². The Morgan fingerprint density at radius 2 is 1.64 bits per heavy atom. The molecule has 5 rings (SSSR count). The number of hydrogen-bond donors (Lipinski definition) is 2. The first-order chi connectivity index (χ1) is 16.2. The molecule has 7 heteroatoms. The molecule has 4 aromatic rings. The molecular formula is C26H29N6O+. The number of hydrogen-bond acceptors (Lipinski definition) is 6. The summed E-state index contributed by atoms with van der Waals surface area (Å²) >= 11 is 0. The van der Waals surface area contributed by atoms with Crippen molar-refractivity contribution in [2.45, 2.75) is 6.54 Å². The highest BCUT2D eigenvalue weighted by Gasteiger charge is 2.20. The zero-order chi connectivity index (χ0) is 22.6. The summed E-state index contributed by atoms with van der Waals surface area (Å²) in [6, 6.07) is 20.9. The van der Waals surface area contributed by atoms with Crippen molar-refractivity contribution in [3.05, 3.63) is 72.4 Å². The monoisotopic (exact) mass is 441 g/mol. The van der Waals surface area contributed by atoms with Gasteiger partial charge in [-0.15, -0.1) is 0 Å². The predicted octanol–water partition coefficient (Wildman–Crippen LogP) is 2.22. The number of nitrogens with zero attached hydrogens (tertiary/aromatic N) is 5. The minimum atomic E-state index is 0.193. The Morgan fingerprint density at radius 1 is 0.879 bits per heavy atom. The third-order valence-corrected chi connectivity index (χ3v) is 6.23. The van der Waals surface area contributed by atoms with Crippen LogP contribution in [0.4, 0.5) is 5.95 Å². The summed E-state index contributed by atoms with van der Waals surface area (Å²) in [5, 5.41) is 10.1. The fourth-order valence-electron chi connectivity index (χ4n) is 4.31. The molecule has 0 radical (unpaired) electrons. The SMILES string of the molecule is [NH3+]Cc1ccc(-c2nc3nc(N4CCN(CCO)CC4)ncc3cc2-c2ccccc2)cc1. The van der Waals surface area contributed by atoms with Gasteiger partial charge in [0, 0.05) is 61.0 Å². The van der Waals surface area contributed by atoms with Crippen LogP contribution in [-0.2, 0) is 6.54 Å². The molecule has 0 unspecified atom stereocenters. The quantitative estimate of drug-likeness (QED) is 0.477. The molecule has 0 spiro atoms. The Labute approximate surface area is 193 Å². The molecule has 33 heavy (non-hydrogen) atoms. The topological polar surface area (TPSA) is 93.0 Å². The Balaban J connectivity index is 1.55. The summed E-state index contributed by atoms with van der Waals surface area (Å²) in [5.41, 5.74) is 10.0. The van der Waals surface area contributed by atoms with Gasteiger partial charge in [0.05, 0.1) is 18.8 Å². The number of pyridine rings is 1. The first-order valence-electron chi connectivity index (χ1n) is 11.4. The lowest BCUT2D eigenvalue weighted by Crippen LogP contribution is -2.47. The fourth-order valence-corrected chi connectivity index (χ4v) is 4.31. The molecule has 0 saturated carbocycles. The Bertz CT molecular complexity index is 1220. The van der Waals surface area contributed by atoms with Gasteiger partial charge in [0.25, 0.3) is 0 Å². The number of aromatic nitrogens is 3. The van der Waals surface area contributed by atoms with Gasteiger partial charge in [-0.05, 0) is 11.6 Å². The van der Waals surface area contributed by atoms with Gasteiger partial charge < -0.3 is 15.7 Å². The van der Waals surface area contributed by atoms with E-state index in [-0.39, 0.29) is 6.61 Å². The summed E-state index contributed by atoms with van der Waals surface area (Å²) in [6.07, 6.45) is 1.88. The lowest BCUT2D eigenvalue weighted by Gasteiger charge is -2.34. The number of aliphatic hydroxyl groups is 1. The Hall–Kier alpha value is -3.39. The minimum Gasteiger partial charge on any atom is -0.395 e. The van der Waals surface area contributed by atoms with Crippen molar-refractivity contribution < 1.29 is 10.8 Å². The van der Waals surface area contributed by atoms with Crippen molar-refractivity contribution in [2.24, 2.45) is 0 Å². The van der Waals surface area contributed by atoms with Gasteiger partial charge in [0.15, 0.2) is 5.65 Å². The molecule has 2 aromatic heterocycles. The smallest absolute Gasteiger partial charge is 0.227 e. The van der Waals surface area contributed by atoms with Gasteiger partial charge in [-0.1, -0.05) is 54.6 Å². The third kappa shape index (κ3) is 4.57.